The number of hydrogen-bond acceptors (Lipinski definition) is 1. The van der Waals surface area contributed by atoms with Crippen molar-refractivity contribution < 1.29 is 0 Å². The highest BCUT2D eigenvalue weighted by Crippen LogP contribution is 2.15. The molecule has 0 aromatic carbocycles. The van der Waals surface area contributed by atoms with E-state index in [1.54, 1.807) is 0 Å². The standard InChI is InChI=1S/C10H19N/c1-9(2)7-11-6-4-5-10(3)8-11/h10H,1,4-8H2,2-3H3. The Labute approximate surface area is 70.1 Å². The van der Waals surface area contributed by atoms with Gasteiger partial charge in [-0.25, -0.2) is 0 Å². The minimum Gasteiger partial charge on any atom is -0.299 e. The van der Waals surface area contributed by atoms with Gasteiger partial charge in [0, 0.05) is 13.1 Å². The molecule has 1 saturated heterocycles. The van der Waals surface area contributed by atoms with E-state index in [0.717, 1.165) is 12.5 Å². The Bertz CT molecular complexity index is 140. The number of nitrogens with zero attached hydrogens (tertiary/aromatic N) is 1. The third-order valence-corrected chi connectivity index (χ3v) is 2.23. The van der Waals surface area contributed by atoms with E-state index < -0.39 is 0 Å². The van der Waals surface area contributed by atoms with Crippen LogP contribution in [0.4, 0.5) is 0 Å². The van der Waals surface area contributed by atoms with Gasteiger partial charge in [0.1, 0.15) is 0 Å². The Morgan fingerprint density at radius 2 is 2.36 bits per heavy atom. The molecule has 0 aliphatic carbocycles. The third kappa shape index (κ3) is 3.06. The number of piperidine rings is 1. The molecule has 11 heavy (non-hydrogen) atoms. The van der Waals surface area contributed by atoms with Gasteiger partial charge in [-0.05, 0) is 32.2 Å². The Morgan fingerprint density at radius 1 is 1.64 bits per heavy atom. The van der Waals surface area contributed by atoms with Crippen LogP contribution in [0.25, 0.3) is 0 Å². The molecule has 0 bridgehead atoms. The molecule has 0 N–H and O–H groups in total. The molecule has 1 aliphatic heterocycles. The molecule has 0 amide bonds. The zero-order valence-corrected chi connectivity index (χ0v) is 7.77. The van der Waals surface area contributed by atoms with Gasteiger partial charge in [0.15, 0.2) is 0 Å². The molecule has 0 aromatic heterocycles. The molecule has 1 nitrogen and oxygen atoms in total. The number of rotatable bonds is 2. The van der Waals surface area contributed by atoms with Crippen molar-refractivity contribution in [3.8, 4) is 0 Å². The monoisotopic (exact) mass is 153 g/mol. The van der Waals surface area contributed by atoms with Crippen molar-refractivity contribution in [2.45, 2.75) is 26.7 Å². The fraction of sp³-hybridized carbons (Fsp3) is 0.800. The van der Waals surface area contributed by atoms with Crippen LogP contribution in [0.5, 0.6) is 0 Å². The summed E-state index contributed by atoms with van der Waals surface area (Å²) in [6, 6.07) is 0. The summed E-state index contributed by atoms with van der Waals surface area (Å²) < 4.78 is 0. The van der Waals surface area contributed by atoms with Gasteiger partial charge < -0.3 is 0 Å². The van der Waals surface area contributed by atoms with E-state index in [1.165, 1.54) is 31.5 Å². The first-order chi connectivity index (χ1) is 5.18. The largest absolute Gasteiger partial charge is 0.299 e. The first kappa shape index (κ1) is 8.79. The van der Waals surface area contributed by atoms with Crippen LogP contribution in [0.2, 0.25) is 0 Å². The molecule has 0 aromatic rings. The lowest BCUT2D eigenvalue weighted by Gasteiger charge is -2.30. The van der Waals surface area contributed by atoms with E-state index in [2.05, 4.69) is 25.3 Å². The van der Waals surface area contributed by atoms with Crippen LogP contribution in [-0.4, -0.2) is 24.5 Å². The van der Waals surface area contributed by atoms with Crippen LogP contribution >= 0.6 is 0 Å². The van der Waals surface area contributed by atoms with Gasteiger partial charge in [-0.1, -0.05) is 19.1 Å². The minimum atomic E-state index is 0.892. The molecule has 0 spiro atoms. The van der Waals surface area contributed by atoms with Crippen molar-refractivity contribution in [2.24, 2.45) is 5.92 Å². The van der Waals surface area contributed by atoms with Crippen molar-refractivity contribution in [2.75, 3.05) is 19.6 Å². The highest BCUT2D eigenvalue weighted by Gasteiger charge is 2.15. The van der Waals surface area contributed by atoms with Gasteiger partial charge in [0.05, 0.1) is 0 Å². The Morgan fingerprint density at radius 3 is 2.91 bits per heavy atom. The Hall–Kier alpha value is -0.300. The zero-order valence-electron chi connectivity index (χ0n) is 7.77. The van der Waals surface area contributed by atoms with Gasteiger partial charge >= 0.3 is 0 Å². The molecule has 1 aliphatic rings. The summed E-state index contributed by atoms with van der Waals surface area (Å²) in [7, 11) is 0. The van der Waals surface area contributed by atoms with E-state index in [-0.39, 0.29) is 0 Å². The van der Waals surface area contributed by atoms with Crippen LogP contribution in [-0.2, 0) is 0 Å². The zero-order chi connectivity index (χ0) is 8.27. The quantitative estimate of drug-likeness (QED) is 0.550. The normalized spacial score (nSPS) is 26.9. The maximum Gasteiger partial charge on any atom is 0.0187 e. The maximum absolute atomic E-state index is 3.93. The highest BCUT2D eigenvalue weighted by molar-refractivity contribution is 4.92. The lowest BCUT2D eigenvalue weighted by Crippen LogP contribution is -2.35. The predicted molar refractivity (Wildman–Crippen MR) is 49.7 cm³/mol. The lowest BCUT2D eigenvalue weighted by atomic mass is 10.00. The summed E-state index contributed by atoms with van der Waals surface area (Å²) in [4.78, 5) is 2.51. The molecule has 1 heteroatoms. The van der Waals surface area contributed by atoms with Crippen LogP contribution < -0.4 is 0 Å². The fourth-order valence-electron chi connectivity index (χ4n) is 1.81. The lowest BCUT2D eigenvalue weighted by molar-refractivity contribution is 0.198. The second kappa shape index (κ2) is 3.91. The topological polar surface area (TPSA) is 3.24 Å². The molecule has 1 atom stereocenters. The van der Waals surface area contributed by atoms with Crippen molar-refractivity contribution in [3.05, 3.63) is 12.2 Å². The van der Waals surface area contributed by atoms with Gasteiger partial charge in [-0.15, -0.1) is 0 Å². The molecule has 1 fully saturated rings. The summed E-state index contributed by atoms with van der Waals surface area (Å²) >= 11 is 0. The molecule has 1 rings (SSSR count). The van der Waals surface area contributed by atoms with Crippen LogP contribution in [0, 0.1) is 5.92 Å². The molecule has 0 radical (unpaired) electrons. The number of likely N-dealkylation sites (tertiary alicyclic amines) is 1. The van der Waals surface area contributed by atoms with Crippen molar-refractivity contribution in [1.82, 2.24) is 4.90 Å². The first-order valence-electron chi connectivity index (χ1n) is 4.55. The van der Waals surface area contributed by atoms with E-state index in [1.807, 2.05) is 0 Å². The summed E-state index contributed by atoms with van der Waals surface area (Å²) in [6.07, 6.45) is 2.78. The molecular formula is C10H19N. The smallest absolute Gasteiger partial charge is 0.0187 e. The first-order valence-corrected chi connectivity index (χ1v) is 4.55. The van der Waals surface area contributed by atoms with Crippen molar-refractivity contribution >= 4 is 0 Å². The Balaban J connectivity index is 2.28. The number of hydrogen-bond donors (Lipinski definition) is 0. The summed E-state index contributed by atoms with van der Waals surface area (Å²) in [5.74, 6) is 0.892. The second-order valence-electron chi connectivity index (χ2n) is 3.94. The maximum atomic E-state index is 3.93. The van der Waals surface area contributed by atoms with E-state index in [9.17, 15) is 0 Å². The highest BCUT2D eigenvalue weighted by atomic mass is 15.1. The molecular weight excluding hydrogens is 134 g/mol. The minimum absolute atomic E-state index is 0.892. The SMILES string of the molecule is C=C(C)CN1CCCC(C)C1. The molecule has 1 heterocycles. The van der Waals surface area contributed by atoms with Crippen molar-refractivity contribution in [3.63, 3.8) is 0 Å². The van der Waals surface area contributed by atoms with Crippen LogP contribution in [0.15, 0.2) is 12.2 Å². The predicted octanol–water partition coefficient (Wildman–Crippen LogP) is 2.29. The van der Waals surface area contributed by atoms with E-state index >= 15 is 0 Å². The average molecular weight is 153 g/mol. The van der Waals surface area contributed by atoms with Gasteiger partial charge in [0.2, 0.25) is 0 Å². The van der Waals surface area contributed by atoms with E-state index in [4.69, 9.17) is 0 Å². The molecule has 1 unspecified atom stereocenters. The van der Waals surface area contributed by atoms with Crippen LogP contribution in [0.1, 0.15) is 26.7 Å². The third-order valence-electron chi connectivity index (χ3n) is 2.23. The second-order valence-corrected chi connectivity index (χ2v) is 3.94. The van der Waals surface area contributed by atoms with E-state index in [0.29, 0.717) is 0 Å². The summed E-state index contributed by atoms with van der Waals surface area (Å²) in [6.45, 7) is 12.0. The molecule has 64 valence electrons. The summed E-state index contributed by atoms with van der Waals surface area (Å²) in [5.41, 5.74) is 1.29. The van der Waals surface area contributed by atoms with Crippen molar-refractivity contribution in [1.29, 1.82) is 0 Å². The Kier molecular flexibility index (Phi) is 3.13. The van der Waals surface area contributed by atoms with Gasteiger partial charge in [-0.2, -0.15) is 0 Å². The average Bonchev–Trinajstić information content (AvgIpc) is 1.85. The van der Waals surface area contributed by atoms with Gasteiger partial charge in [0.25, 0.3) is 0 Å². The molecule has 0 saturated carbocycles. The van der Waals surface area contributed by atoms with Gasteiger partial charge in [-0.3, -0.25) is 4.90 Å². The van der Waals surface area contributed by atoms with Crippen LogP contribution in [0.3, 0.4) is 0 Å². The summed E-state index contributed by atoms with van der Waals surface area (Å²) in [5, 5.41) is 0. The fourth-order valence-corrected chi connectivity index (χ4v) is 1.81.